The van der Waals surface area contributed by atoms with E-state index in [1.807, 2.05) is 36.4 Å². The summed E-state index contributed by atoms with van der Waals surface area (Å²) in [6.07, 6.45) is 1.23. The molecule has 0 aromatic heterocycles. The second kappa shape index (κ2) is 8.69. The molecule has 3 aliphatic carbocycles. The highest BCUT2D eigenvalue weighted by atomic mass is 32.2. The number of amides is 2. The number of oxime groups is 1. The predicted octanol–water partition coefficient (Wildman–Crippen LogP) is 1.74. The molecule has 0 bridgehead atoms. The van der Waals surface area contributed by atoms with Crippen molar-refractivity contribution >= 4 is 27.5 Å². The van der Waals surface area contributed by atoms with Gasteiger partial charge in [-0.05, 0) is 24.0 Å². The average Bonchev–Trinajstić information content (AvgIpc) is 3.79. The summed E-state index contributed by atoms with van der Waals surface area (Å²) in [5.41, 5.74) is 6.62. The van der Waals surface area contributed by atoms with Crippen molar-refractivity contribution in [1.29, 1.82) is 0 Å². The SMILES string of the molecule is C=C=C1C[C@]1(NC(=O)[C@@H]1C[C@@H](ON=C2c3ccccc3-c3ccccc32)CN1)C(=O)NS(=O)(=O)C1CC1. The zero-order chi connectivity index (χ0) is 25.8. The molecule has 190 valence electrons. The van der Waals surface area contributed by atoms with Crippen LogP contribution >= 0.6 is 0 Å². The van der Waals surface area contributed by atoms with E-state index in [1.165, 1.54) is 0 Å². The molecular formula is C27H26N4O5S. The van der Waals surface area contributed by atoms with Crippen LogP contribution < -0.4 is 15.4 Å². The Morgan fingerprint density at radius 2 is 1.68 bits per heavy atom. The second-order valence-electron chi connectivity index (χ2n) is 9.86. The number of benzene rings is 2. The summed E-state index contributed by atoms with van der Waals surface area (Å²) in [5.74, 6) is -1.19. The topological polar surface area (TPSA) is 126 Å². The van der Waals surface area contributed by atoms with Crippen molar-refractivity contribution in [2.75, 3.05) is 6.54 Å². The highest BCUT2D eigenvalue weighted by Crippen LogP contribution is 2.43. The summed E-state index contributed by atoms with van der Waals surface area (Å²) in [5, 5.41) is 9.77. The number of hydrogen-bond acceptors (Lipinski definition) is 7. The summed E-state index contributed by atoms with van der Waals surface area (Å²) >= 11 is 0. The van der Waals surface area contributed by atoms with Crippen LogP contribution in [0.15, 0.2) is 71.6 Å². The Bertz CT molecular complexity index is 1460. The van der Waals surface area contributed by atoms with Crippen molar-refractivity contribution in [3.8, 4) is 11.1 Å². The van der Waals surface area contributed by atoms with Crippen LogP contribution in [-0.2, 0) is 24.4 Å². The maximum Gasteiger partial charge on any atom is 0.264 e. The monoisotopic (exact) mass is 518 g/mol. The van der Waals surface area contributed by atoms with Gasteiger partial charge in [0, 0.05) is 36.1 Å². The highest BCUT2D eigenvalue weighted by molar-refractivity contribution is 7.91. The number of fused-ring (bicyclic) bond motifs is 3. The highest BCUT2D eigenvalue weighted by Gasteiger charge is 2.59. The minimum Gasteiger partial charge on any atom is -0.391 e. The summed E-state index contributed by atoms with van der Waals surface area (Å²) in [6.45, 7) is 3.96. The van der Waals surface area contributed by atoms with Crippen molar-refractivity contribution in [3.63, 3.8) is 0 Å². The summed E-state index contributed by atoms with van der Waals surface area (Å²) in [6, 6.07) is 15.4. The summed E-state index contributed by atoms with van der Waals surface area (Å²) in [4.78, 5) is 31.8. The molecule has 10 heteroatoms. The fraction of sp³-hybridized carbons (Fsp3) is 0.333. The van der Waals surface area contributed by atoms with Crippen LogP contribution in [0.4, 0.5) is 0 Å². The molecule has 9 nitrogen and oxygen atoms in total. The van der Waals surface area contributed by atoms with Crippen LogP contribution in [0.5, 0.6) is 0 Å². The molecule has 6 rings (SSSR count). The Hall–Kier alpha value is -3.72. The molecule has 1 aliphatic heterocycles. The lowest BCUT2D eigenvalue weighted by molar-refractivity contribution is -0.129. The van der Waals surface area contributed by atoms with E-state index >= 15 is 0 Å². The molecule has 2 amide bonds. The Balaban J connectivity index is 1.12. The molecule has 4 aliphatic rings. The zero-order valence-corrected chi connectivity index (χ0v) is 20.8. The van der Waals surface area contributed by atoms with Crippen molar-refractivity contribution < 1.29 is 22.8 Å². The van der Waals surface area contributed by atoms with Crippen LogP contribution in [0, 0.1) is 0 Å². The number of carbonyl (C=O) groups is 2. The van der Waals surface area contributed by atoms with Crippen molar-refractivity contribution in [3.05, 3.63) is 77.5 Å². The van der Waals surface area contributed by atoms with Crippen LogP contribution in [0.25, 0.3) is 11.1 Å². The standard InChI is InChI=1S/C27H26N4O5S/c1-2-16-14-27(16,26(33)31-37(34,35)18-11-12-18)29-25(32)23-13-17(15-28-23)36-30-24-21-9-5-3-7-19(21)20-8-4-6-10-22(20)24/h3-10,17-18,23,28H,1,11-15H2,(H,29,32)(H,31,33)/t17-,23+,27-/m1/s1. The fourth-order valence-corrected chi connectivity index (χ4v) is 6.36. The number of sulfonamides is 1. The first-order valence-corrected chi connectivity index (χ1v) is 13.8. The van der Waals surface area contributed by atoms with E-state index in [-0.39, 0.29) is 12.5 Å². The number of carbonyl (C=O) groups excluding carboxylic acids is 2. The lowest BCUT2D eigenvalue weighted by Crippen LogP contribution is -2.54. The van der Waals surface area contributed by atoms with Gasteiger partial charge in [0.1, 0.15) is 11.8 Å². The maximum atomic E-state index is 13.1. The molecule has 2 saturated carbocycles. The number of hydrogen-bond donors (Lipinski definition) is 3. The Morgan fingerprint density at radius 1 is 1.05 bits per heavy atom. The molecule has 2 aromatic rings. The maximum absolute atomic E-state index is 13.1. The van der Waals surface area contributed by atoms with E-state index in [9.17, 15) is 18.0 Å². The van der Waals surface area contributed by atoms with Crippen LogP contribution in [0.3, 0.4) is 0 Å². The molecule has 3 fully saturated rings. The van der Waals surface area contributed by atoms with E-state index in [2.05, 4.69) is 45.0 Å². The third-order valence-electron chi connectivity index (χ3n) is 7.32. The smallest absolute Gasteiger partial charge is 0.264 e. The van der Waals surface area contributed by atoms with Gasteiger partial charge < -0.3 is 15.5 Å². The molecule has 1 heterocycles. The van der Waals surface area contributed by atoms with E-state index in [1.54, 1.807) is 0 Å². The van der Waals surface area contributed by atoms with Gasteiger partial charge in [-0.3, -0.25) is 14.3 Å². The Morgan fingerprint density at radius 3 is 2.24 bits per heavy atom. The van der Waals surface area contributed by atoms with Crippen molar-refractivity contribution in [1.82, 2.24) is 15.4 Å². The third-order valence-corrected chi connectivity index (χ3v) is 9.14. The molecule has 3 N–H and O–H groups in total. The van der Waals surface area contributed by atoms with E-state index in [4.69, 9.17) is 4.84 Å². The van der Waals surface area contributed by atoms with Crippen molar-refractivity contribution in [2.24, 2.45) is 5.16 Å². The zero-order valence-electron chi connectivity index (χ0n) is 20.0. The number of rotatable bonds is 7. The summed E-state index contributed by atoms with van der Waals surface area (Å²) < 4.78 is 26.6. The first kappa shape index (κ1) is 23.7. The van der Waals surface area contributed by atoms with Crippen LogP contribution in [0.1, 0.15) is 36.8 Å². The largest absolute Gasteiger partial charge is 0.391 e. The van der Waals surface area contributed by atoms with Gasteiger partial charge in [0.2, 0.25) is 15.9 Å². The van der Waals surface area contributed by atoms with E-state index < -0.39 is 38.7 Å². The molecular weight excluding hydrogens is 492 g/mol. The molecule has 0 spiro atoms. The minimum atomic E-state index is -3.75. The first-order valence-electron chi connectivity index (χ1n) is 12.3. The molecule has 2 aromatic carbocycles. The third kappa shape index (κ3) is 4.17. The second-order valence-corrected chi connectivity index (χ2v) is 11.8. The van der Waals surface area contributed by atoms with Crippen molar-refractivity contribution in [2.45, 2.75) is 48.6 Å². The van der Waals surface area contributed by atoms with Crippen LogP contribution in [-0.4, -0.2) is 55.4 Å². The number of nitrogens with zero attached hydrogens (tertiary/aromatic N) is 1. The Labute approximate surface area is 214 Å². The van der Waals surface area contributed by atoms with E-state index in [0.717, 1.165) is 28.0 Å². The normalized spacial score (nSPS) is 25.5. The molecule has 0 radical (unpaired) electrons. The van der Waals surface area contributed by atoms with E-state index in [0.29, 0.717) is 31.4 Å². The summed E-state index contributed by atoms with van der Waals surface area (Å²) in [7, 11) is -3.75. The van der Waals surface area contributed by atoms with Gasteiger partial charge in [-0.25, -0.2) is 8.42 Å². The lowest BCUT2D eigenvalue weighted by Gasteiger charge is -2.19. The minimum absolute atomic E-state index is 0.174. The van der Waals surface area contributed by atoms with Crippen LogP contribution in [0.2, 0.25) is 0 Å². The quantitative estimate of drug-likeness (QED) is 0.323. The molecule has 0 unspecified atom stereocenters. The van der Waals surface area contributed by atoms with Gasteiger partial charge in [-0.2, -0.15) is 0 Å². The first-order chi connectivity index (χ1) is 17.8. The molecule has 1 saturated heterocycles. The molecule has 3 atom stereocenters. The number of nitrogens with one attached hydrogen (secondary N) is 3. The fourth-order valence-electron chi connectivity index (χ4n) is 5.01. The Kier molecular flexibility index (Phi) is 5.56. The lowest BCUT2D eigenvalue weighted by atomic mass is 10.1. The van der Waals surface area contributed by atoms with Gasteiger partial charge in [0.05, 0.1) is 11.3 Å². The van der Waals surface area contributed by atoms with Gasteiger partial charge in [-0.15, -0.1) is 5.73 Å². The predicted molar refractivity (Wildman–Crippen MR) is 137 cm³/mol. The van der Waals surface area contributed by atoms with Gasteiger partial charge >= 0.3 is 0 Å². The van der Waals surface area contributed by atoms with Gasteiger partial charge in [-0.1, -0.05) is 60.3 Å². The van der Waals surface area contributed by atoms with Gasteiger partial charge in [0.25, 0.3) is 5.91 Å². The van der Waals surface area contributed by atoms with Gasteiger partial charge in [0.15, 0.2) is 5.54 Å². The average molecular weight is 519 g/mol. The molecule has 37 heavy (non-hydrogen) atoms.